The minimum absolute atomic E-state index is 0.755. The fourth-order valence-electron chi connectivity index (χ4n) is 2.11. The normalized spacial score (nSPS) is 23.2. The molecule has 0 aliphatic carbocycles. The Hall–Kier alpha value is 0.01000. The van der Waals surface area contributed by atoms with E-state index >= 15 is 0 Å². The van der Waals surface area contributed by atoms with Crippen LogP contribution in [0.15, 0.2) is 17.5 Å². The third kappa shape index (κ3) is 4.11. The zero-order valence-corrected chi connectivity index (χ0v) is 11.6. The monoisotopic (exact) mass is 255 g/mol. The molecular weight excluding hydrogens is 234 g/mol. The summed E-state index contributed by atoms with van der Waals surface area (Å²) in [6.07, 6.45) is 3.99. The molecule has 1 nitrogen and oxygen atoms in total. The first-order valence-electron chi connectivity index (χ1n) is 6.18. The van der Waals surface area contributed by atoms with Crippen LogP contribution in [0.25, 0.3) is 0 Å². The van der Waals surface area contributed by atoms with E-state index in [1.165, 1.54) is 42.2 Å². The summed E-state index contributed by atoms with van der Waals surface area (Å²) in [6, 6.07) is 5.17. The van der Waals surface area contributed by atoms with Gasteiger partial charge >= 0.3 is 0 Å². The van der Waals surface area contributed by atoms with Crippen molar-refractivity contribution in [2.24, 2.45) is 5.92 Å². The van der Waals surface area contributed by atoms with Crippen molar-refractivity contribution in [2.75, 3.05) is 18.1 Å². The van der Waals surface area contributed by atoms with Crippen LogP contribution < -0.4 is 5.32 Å². The van der Waals surface area contributed by atoms with Gasteiger partial charge in [-0.2, -0.15) is 11.8 Å². The minimum atomic E-state index is 0.755. The molecule has 0 spiro atoms. The molecule has 0 aromatic carbocycles. The molecule has 1 N–H and O–H groups in total. The summed E-state index contributed by atoms with van der Waals surface area (Å²) in [6.45, 7) is 3.52. The van der Waals surface area contributed by atoms with Crippen molar-refractivity contribution in [1.82, 2.24) is 5.32 Å². The Labute approximate surface area is 107 Å². The van der Waals surface area contributed by atoms with Crippen LogP contribution in [0.1, 0.15) is 24.6 Å². The van der Waals surface area contributed by atoms with Gasteiger partial charge in [0, 0.05) is 16.7 Å². The summed E-state index contributed by atoms with van der Waals surface area (Å²) < 4.78 is 0. The number of thioether (sulfide) groups is 1. The van der Waals surface area contributed by atoms with Crippen LogP contribution in [-0.4, -0.2) is 24.1 Å². The zero-order chi connectivity index (χ0) is 11.2. The molecule has 0 saturated carbocycles. The maximum Gasteiger partial charge on any atom is 0.0158 e. The number of rotatable bonds is 5. The Morgan fingerprint density at radius 1 is 1.56 bits per heavy atom. The van der Waals surface area contributed by atoms with Crippen molar-refractivity contribution in [2.45, 2.75) is 32.2 Å². The summed E-state index contributed by atoms with van der Waals surface area (Å²) in [7, 11) is 0. The third-order valence-electron chi connectivity index (χ3n) is 3.05. The second kappa shape index (κ2) is 6.67. The lowest BCUT2D eigenvalue weighted by molar-refractivity contribution is 0.443. The molecule has 0 radical (unpaired) electrons. The van der Waals surface area contributed by atoms with Crippen molar-refractivity contribution in [3.8, 4) is 0 Å². The van der Waals surface area contributed by atoms with E-state index in [2.05, 4.69) is 41.5 Å². The Morgan fingerprint density at radius 3 is 3.19 bits per heavy atom. The summed E-state index contributed by atoms with van der Waals surface area (Å²) in [5.74, 6) is 3.43. The molecule has 1 fully saturated rings. The Kier molecular flexibility index (Phi) is 5.20. The molecule has 1 aromatic heterocycles. The van der Waals surface area contributed by atoms with Crippen molar-refractivity contribution in [1.29, 1.82) is 0 Å². The Balaban J connectivity index is 1.65. The van der Waals surface area contributed by atoms with Gasteiger partial charge in [0.05, 0.1) is 0 Å². The maximum absolute atomic E-state index is 3.72. The Morgan fingerprint density at radius 2 is 2.50 bits per heavy atom. The van der Waals surface area contributed by atoms with Gasteiger partial charge in [-0.15, -0.1) is 11.3 Å². The molecular formula is C13H21NS2. The van der Waals surface area contributed by atoms with Crippen LogP contribution in [0.4, 0.5) is 0 Å². The molecule has 0 bridgehead atoms. The highest BCUT2D eigenvalue weighted by Crippen LogP contribution is 2.18. The lowest BCUT2D eigenvalue weighted by Gasteiger charge is -2.24. The van der Waals surface area contributed by atoms with Crippen molar-refractivity contribution in [3.05, 3.63) is 22.4 Å². The van der Waals surface area contributed by atoms with Gasteiger partial charge in [-0.1, -0.05) is 13.0 Å². The number of nitrogens with one attached hydrogen (secondary N) is 1. The fraction of sp³-hybridized carbons (Fsp3) is 0.692. The second-order valence-corrected chi connectivity index (χ2v) is 6.89. The molecule has 1 aliphatic heterocycles. The first-order valence-corrected chi connectivity index (χ1v) is 8.21. The lowest BCUT2D eigenvalue weighted by Crippen LogP contribution is -2.36. The third-order valence-corrected chi connectivity index (χ3v) is 5.16. The maximum atomic E-state index is 3.72. The molecule has 16 heavy (non-hydrogen) atoms. The van der Waals surface area contributed by atoms with Gasteiger partial charge in [-0.3, -0.25) is 0 Å². The number of thiophene rings is 1. The number of hydrogen-bond donors (Lipinski definition) is 1. The Bertz CT molecular complexity index is 278. The van der Waals surface area contributed by atoms with Crippen LogP contribution in [0.3, 0.4) is 0 Å². The van der Waals surface area contributed by atoms with E-state index in [1.807, 2.05) is 11.3 Å². The van der Waals surface area contributed by atoms with E-state index in [9.17, 15) is 0 Å². The summed E-state index contributed by atoms with van der Waals surface area (Å²) in [4.78, 5) is 1.52. The number of hydrogen-bond acceptors (Lipinski definition) is 3. The fourth-order valence-corrected chi connectivity index (χ4v) is 4.09. The molecule has 90 valence electrons. The van der Waals surface area contributed by atoms with Crippen LogP contribution in [0.5, 0.6) is 0 Å². The predicted octanol–water partition coefficient (Wildman–Crippen LogP) is 3.41. The molecule has 2 unspecified atom stereocenters. The van der Waals surface area contributed by atoms with Gasteiger partial charge in [-0.25, -0.2) is 0 Å². The van der Waals surface area contributed by atoms with Crippen LogP contribution >= 0.6 is 23.1 Å². The summed E-state index contributed by atoms with van der Waals surface area (Å²) >= 11 is 3.98. The standard InChI is InChI=1S/C13H21NS2/c1-11(8-13-5-3-7-16-13)9-14-12-4-2-6-15-10-12/h3,5,7,11-12,14H,2,4,6,8-10H2,1H3. The van der Waals surface area contributed by atoms with Gasteiger partial charge in [-0.05, 0) is 48.9 Å². The molecule has 1 aromatic rings. The molecule has 1 saturated heterocycles. The van der Waals surface area contributed by atoms with Gasteiger partial charge in [0.15, 0.2) is 0 Å². The molecule has 2 atom stereocenters. The van der Waals surface area contributed by atoms with Crippen LogP contribution in [0.2, 0.25) is 0 Å². The van der Waals surface area contributed by atoms with Gasteiger partial charge in [0.2, 0.25) is 0 Å². The van der Waals surface area contributed by atoms with Gasteiger partial charge in [0.25, 0.3) is 0 Å². The van der Waals surface area contributed by atoms with Gasteiger partial charge in [0.1, 0.15) is 0 Å². The summed E-state index contributed by atoms with van der Waals surface area (Å²) in [5.41, 5.74) is 0. The summed E-state index contributed by atoms with van der Waals surface area (Å²) in [5, 5.41) is 5.89. The van der Waals surface area contributed by atoms with Crippen LogP contribution in [-0.2, 0) is 6.42 Å². The zero-order valence-electron chi connectivity index (χ0n) is 9.95. The largest absolute Gasteiger partial charge is 0.313 e. The van der Waals surface area contributed by atoms with E-state index in [0.29, 0.717) is 0 Å². The first kappa shape index (κ1) is 12.5. The first-order chi connectivity index (χ1) is 7.84. The van der Waals surface area contributed by atoms with Crippen molar-refractivity contribution >= 4 is 23.1 Å². The molecule has 1 aliphatic rings. The second-order valence-electron chi connectivity index (χ2n) is 4.71. The van der Waals surface area contributed by atoms with E-state index in [4.69, 9.17) is 0 Å². The van der Waals surface area contributed by atoms with Crippen molar-refractivity contribution in [3.63, 3.8) is 0 Å². The average Bonchev–Trinajstić information content (AvgIpc) is 2.81. The van der Waals surface area contributed by atoms with E-state index in [-0.39, 0.29) is 0 Å². The molecule has 2 heterocycles. The highest BCUT2D eigenvalue weighted by Gasteiger charge is 2.14. The molecule has 0 amide bonds. The highest BCUT2D eigenvalue weighted by atomic mass is 32.2. The SMILES string of the molecule is CC(CNC1CCCSC1)Cc1cccs1. The minimum Gasteiger partial charge on any atom is -0.313 e. The van der Waals surface area contributed by atoms with Crippen LogP contribution in [0, 0.1) is 5.92 Å². The predicted molar refractivity (Wildman–Crippen MR) is 75.5 cm³/mol. The average molecular weight is 255 g/mol. The lowest BCUT2D eigenvalue weighted by atomic mass is 10.1. The quantitative estimate of drug-likeness (QED) is 0.865. The smallest absolute Gasteiger partial charge is 0.0158 e. The molecule has 3 heteroatoms. The topological polar surface area (TPSA) is 12.0 Å². The van der Waals surface area contributed by atoms with E-state index < -0.39 is 0 Å². The van der Waals surface area contributed by atoms with E-state index in [1.54, 1.807) is 0 Å². The molecule has 2 rings (SSSR count). The van der Waals surface area contributed by atoms with E-state index in [0.717, 1.165) is 12.0 Å². The van der Waals surface area contributed by atoms with Gasteiger partial charge < -0.3 is 5.32 Å². The van der Waals surface area contributed by atoms with Crippen molar-refractivity contribution < 1.29 is 0 Å². The highest BCUT2D eigenvalue weighted by molar-refractivity contribution is 7.99.